The van der Waals surface area contributed by atoms with E-state index in [4.69, 9.17) is 0 Å². The van der Waals surface area contributed by atoms with Crippen LogP contribution in [-0.2, 0) is 0 Å². The third-order valence-electron chi connectivity index (χ3n) is 2.99. The van der Waals surface area contributed by atoms with E-state index in [0.29, 0.717) is 5.69 Å². The molecule has 0 aromatic heterocycles. The maximum atomic E-state index is 12.9. The lowest BCUT2D eigenvalue weighted by molar-refractivity contribution is 0.126. The zero-order valence-corrected chi connectivity index (χ0v) is 8.92. The van der Waals surface area contributed by atoms with Gasteiger partial charge < -0.3 is 10.4 Å². The van der Waals surface area contributed by atoms with E-state index >= 15 is 0 Å². The molecule has 16 heavy (non-hydrogen) atoms. The first kappa shape index (κ1) is 11.3. The van der Waals surface area contributed by atoms with Crippen molar-refractivity contribution >= 4 is 5.69 Å². The van der Waals surface area contributed by atoms with Crippen molar-refractivity contribution in [2.75, 3.05) is 5.32 Å². The van der Waals surface area contributed by atoms with Crippen molar-refractivity contribution in [2.24, 2.45) is 0 Å². The minimum atomic E-state index is -0.833. The third kappa shape index (κ3) is 2.70. The summed E-state index contributed by atoms with van der Waals surface area (Å²) in [7, 11) is 0. The quantitative estimate of drug-likeness (QED) is 0.814. The van der Waals surface area contributed by atoms with Gasteiger partial charge in [-0.1, -0.05) is 0 Å². The van der Waals surface area contributed by atoms with Crippen LogP contribution >= 0.6 is 0 Å². The van der Waals surface area contributed by atoms with Crippen LogP contribution in [0.1, 0.15) is 25.7 Å². The molecular formula is C12H15F2NO. The molecule has 0 heterocycles. The first-order valence-corrected chi connectivity index (χ1v) is 5.55. The van der Waals surface area contributed by atoms with Crippen LogP contribution in [0.5, 0.6) is 0 Å². The standard InChI is InChI=1S/C12H15F2NO/c13-11-6-3-9(7-12(11)14)15-8-1-4-10(16)5-2-8/h3,6-8,10,15-16H,1-2,4-5H2. The van der Waals surface area contributed by atoms with Gasteiger partial charge in [0.05, 0.1) is 6.10 Å². The molecule has 0 unspecified atom stereocenters. The first-order chi connectivity index (χ1) is 7.65. The van der Waals surface area contributed by atoms with Gasteiger partial charge in [-0.2, -0.15) is 0 Å². The van der Waals surface area contributed by atoms with E-state index in [1.807, 2.05) is 0 Å². The van der Waals surface area contributed by atoms with Crippen molar-refractivity contribution < 1.29 is 13.9 Å². The minimum Gasteiger partial charge on any atom is -0.393 e. The number of aliphatic hydroxyl groups excluding tert-OH is 1. The first-order valence-electron chi connectivity index (χ1n) is 5.55. The van der Waals surface area contributed by atoms with E-state index in [-0.39, 0.29) is 12.1 Å². The number of rotatable bonds is 2. The molecule has 88 valence electrons. The van der Waals surface area contributed by atoms with Gasteiger partial charge in [0.15, 0.2) is 11.6 Å². The van der Waals surface area contributed by atoms with Crippen LogP contribution in [0.3, 0.4) is 0 Å². The molecule has 0 radical (unpaired) electrons. The summed E-state index contributed by atoms with van der Waals surface area (Å²) >= 11 is 0. The summed E-state index contributed by atoms with van der Waals surface area (Å²) in [6.07, 6.45) is 3.05. The number of hydrogen-bond donors (Lipinski definition) is 2. The van der Waals surface area contributed by atoms with Gasteiger partial charge in [-0.3, -0.25) is 0 Å². The molecule has 1 aromatic carbocycles. The van der Waals surface area contributed by atoms with Gasteiger partial charge in [0, 0.05) is 17.8 Å². The van der Waals surface area contributed by atoms with Crippen LogP contribution in [0.15, 0.2) is 18.2 Å². The molecule has 0 aliphatic heterocycles. The maximum absolute atomic E-state index is 12.9. The molecule has 0 bridgehead atoms. The van der Waals surface area contributed by atoms with Gasteiger partial charge in [0.2, 0.25) is 0 Å². The van der Waals surface area contributed by atoms with Gasteiger partial charge in [-0.05, 0) is 37.8 Å². The van der Waals surface area contributed by atoms with Crippen molar-refractivity contribution in [3.8, 4) is 0 Å². The van der Waals surface area contributed by atoms with E-state index in [2.05, 4.69) is 5.32 Å². The highest BCUT2D eigenvalue weighted by molar-refractivity contribution is 5.44. The Hall–Kier alpha value is -1.16. The Morgan fingerprint density at radius 2 is 1.75 bits per heavy atom. The Balaban J connectivity index is 1.96. The number of hydrogen-bond acceptors (Lipinski definition) is 2. The largest absolute Gasteiger partial charge is 0.393 e. The molecule has 1 saturated carbocycles. The van der Waals surface area contributed by atoms with Crippen molar-refractivity contribution in [1.82, 2.24) is 0 Å². The summed E-state index contributed by atoms with van der Waals surface area (Å²) in [5, 5.41) is 12.5. The van der Waals surface area contributed by atoms with Crippen molar-refractivity contribution in [2.45, 2.75) is 37.8 Å². The molecular weight excluding hydrogens is 212 g/mol. The second-order valence-electron chi connectivity index (χ2n) is 4.28. The molecule has 4 heteroatoms. The minimum absolute atomic E-state index is 0.206. The number of benzene rings is 1. The van der Waals surface area contributed by atoms with Crippen LogP contribution in [0.4, 0.5) is 14.5 Å². The average Bonchev–Trinajstić information content (AvgIpc) is 2.27. The maximum Gasteiger partial charge on any atom is 0.160 e. The Kier molecular flexibility index (Phi) is 3.39. The Labute approximate surface area is 93.3 Å². The predicted octanol–water partition coefficient (Wildman–Crippen LogP) is 2.68. The SMILES string of the molecule is OC1CCC(Nc2ccc(F)c(F)c2)CC1. The fraction of sp³-hybridized carbons (Fsp3) is 0.500. The average molecular weight is 227 g/mol. The Bertz CT molecular complexity index is 362. The van der Waals surface area contributed by atoms with E-state index < -0.39 is 11.6 Å². The van der Waals surface area contributed by atoms with Gasteiger partial charge in [0.25, 0.3) is 0 Å². The van der Waals surface area contributed by atoms with Crippen molar-refractivity contribution in [3.05, 3.63) is 29.8 Å². The molecule has 0 atom stereocenters. The summed E-state index contributed by atoms with van der Waals surface area (Å²) in [5.74, 6) is -1.66. The highest BCUT2D eigenvalue weighted by Crippen LogP contribution is 2.22. The fourth-order valence-electron chi connectivity index (χ4n) is 2.04. The third-order valence-corrected chi connectivity index (χ3v) is 2.99. The van der Waals surface area contributed by atoms with Crippen LogP contribution < -0.4 is 5.32 Å². The van der Waals surface area contributed by atoms with Crippen LogP contribution in [0, 0.1) is 11.6 Å². The number of halogens is 2. The van der Waals surface area contributed by atoms with E-state index in [0.717, 1.165) is 31.7 Å². The van der Waals surface area contributed by atoms with Crippen LogP contribution in [-0.4, -0.2) is 17.3 Å². The lowest BCUT2D eigenvalue weighted by Gasteiger charge is -2.27. The van der Waals surface area contributed by atoms with Gasteiger partial charge >= 0.3 is 0 Å². The molecule has 0 saturated heterocycles. The normalized spacial score (nSPS) is 25.4. The monoisotopic (exact) mass is 227 g/mol. The summed E-state index contributed by atoms with van der Waals surface area (Å²) in [5.41, 5.74) is 0.597. The second kappa shape index (κ2) is 4.78. The molecule has 0 amide bonds. The Morgan fingerprint density at radius 1 is 1.06 bits per heavy atom. The molecule has 2 rings (SSSR count). The smallest absolute Gasteiger partial charge is 0.160 e. The number of anilines is 1. The number of aliphatic hydroxyl groups is 1. The van der Waals surface area contributed by atoms with E-state index in [9.17, 15) is 13.9 Å². The zero-order chi connectivity index (χ0) is 11.5. The molecule has 2 nitrogen and oxygen atoms in total. The highest BCUT2D eigenvalue weighted by atomic mass is 19.2. The molecule has 2 N–H and O–H groups in total. The molecule has 1 aliphatic rings. The topological polar surface area (TPSA) is 32.3 Å². The fourth-order valence-corrected chi connectivity index (χ4v) is 2.04. The number of nitrogens with one attached hydrogen (secondary N) is 1. The van der Waals surface area contributed by atoms with Crippen molar-refractivity contribution in [1.29, 1.82) is 0 Å². The predicted molar refractivity (Wildman–Crippen MR) is 58.2 cm³/mol. The molecule has 1 aromatic rings. The van der Waals surface area contributed by atoms with Crippen molar-refractivity contribution in [3.63, 3.8) is 0 Å². The van der Waals surface area contributed by atoms with E-state index in [1.54, 1.807) is 0 Å². The summed E-state index contributed by atoms with van der Waals surface area (Å²) in [6.45, 7) is 0. The van der Waals surface area contributed by atoms with Gasteiger partial charge in [0.1, 0.15) is 0 Å². The highest BCUT2D eigenvalue weighted by Gasteiger charge is 2.19. The molecule has 1 fully saturated rings. The summed E-state index contributed by atoms with van der Waals surface area (Å²) < 4.78 is 25.6. The van der Waals surface area contributed by atoms with E-state index in [1.165, 1.54) is 12.1 Å². The second-order valence-corrected chi connectivity index (χ2v) is 4.28. The molecule has 1 aliphatic carbocycles. The zero-order valence-electron chi connectivity index (χ0n) is 8.92. The lowest BCUT2D eigenvalue weighted by Crippen LogP contribution is -2.28. The van der Waals surface area contributed by atoms with Crippen LogP contribution in [0.2, 0.25) is 0 Å². The van der Waals surface area contributed by atoms with Crippen LogP contribution in [0.25, 0.3) is 0 Å². The lowest BCUT2D eigenvalue weighted by atomic mass is 9.93. The Morgan fingerprint density at radius 3 is 2.38 bits per heavy atom. The molecule has 0 spiro atoms. The van der Waals surface area contributed by atoms with Gasteiger partial charge in [-0.15, -0.1) is 0 Å². The van der Waals surface area contributed by atoms with Gasteiger partial charge in [-0.25, -0.2) is 8.78 Å². The summed E-state index contributed by atoms with van der Waals surface area (Å²) in [6, 6.07) is 4.06. The summed E-state index contributed by atoms with van der Waals surface area (Å²) in [4.78, 5) is 0.